The molecule has 1 fully saturated rings. The Balaban J connectivity index is 1.63. The van der Waals surface area contributed by atoms with E-state index in [0.29, 0.717) is 41.9 Å². The summed E-state index contributed by atoms with van der Waals surface area (Å²) >= 11 is 0. The van der Waals surface area contributed by atoms with Gasteiger partial charge < -0.3 is 10.1 Å². The predicted molar refractivity (Wildman–Crippen MR) is 131 cm³/mol. The van der Waals surface area contributed by atoms with E-state index < -0.39 is 27.6 Å². The first-order valence-electron chi connectivity index (χ1n) is 11.5. The number of piperidine rings is 1. The molecule has 1 saturated heterocycles. The summed E-state index contributed by atoms with van der Waals surface area (Å²) in [4.78, 5) is 28.0. The molecule has 2 heterocycles. The van der Waals surface area contributed by atoms with Gasteiger partial charge in [0, 0.05) is 24.7 Å². The lowest BCUT2D eigenvalue weighted by Gasteiger charge is -2.39. The van der Waals surface area contributed by atoms with E-state index in [1.54, 1.807) is 38.1 Å². The maximum Gasteiger partial charge on any atom is 0.387 e. The Bertz CT molecular complexity index is 1310. The number of halogens is 2. The van der Waals surface area contributed by atoms with E-state index in [2.05, 4.69) is 10.1 Å². The lowest BCUT2D eigenvalue weighted by molar-refractivity contribution is -0.121. The largest absolute Gasteiger partial charge is 0.435 e. The Morgan fingerprint density at radius 3 is 2.53 bits per heavy atom. The lowest BCUT2D eigenvalue weighted by Crippen LogP contribution is -2.57. The Morgan fingerprint density at radius 2 is 1.86 bits per heavy atom. The minimum absolute atomic E-state index is 0.0681. The molecule has 0 aromatic heterocycles. The molecule has 2 amide bonds. The second kappa shape index (κ2) is 9.11. The Labute approximate surface area is 209 Å². The smallest absolute Gasteiger partial charge is 0.387 e. The van der Waals surface area contributed by atoms with Crippen molar-refractivity contribution in [3.63, 3.8) is 0 Å². The average Bonchev–Trinajstić information content (AvgIpc) is 2.97. The van der Waals surface area contributed by atoms with E-state index in [9.17, 15) is 26.8 Å². The molecule has 1 unspecified atom stereocenters. The number of anilines is 2. The summed E-state index contributed by atoms with van der Waals surface area (Å²) < 4.78 is 55.3. The van der Waals surface area contributed by atoms with E-state index in [1.165, 1.54) is 27.4 Å². The van der Waals surface area contributed by atoms with Crippen LogP contribution in [0.25, 0.3) is 0 Å². The van der Waals surface area contributed by atoms with Crippen molar-refractivity contribution in [3.8, 4) is 5.75 Å². The van der Waals surface area contributed by atoms with Crippen LogP contribution in [0.2, 0.25) is 0 Å². The Kier molecular flexibility index (Phi) is 6.59. The normalized spacial score (nSPS) is 22.0. The van der Waals surface area contributed by atoms with Crippen LogP contribution in [0, 0.1) is 0 Å². The summed E-state index contributed by atoms with van der Waals surface area (Å²) in [7, 11) is -3.38. The van der Waals surface area contributed by atoms with Crippen LogP contribution in [0.4, 0.5) is 20.2 Å². The fourth-order valence-corrected chi connectivity index (χ4v) is 5.84. The van der Waals surface area contributed by atoms with Crippen molar-refractivity contribution < 1.29 is 31.5 Å². The summed E-state index contributed by atoms with van der Waals surface area (Å²) in [5, 5.41) is 2.98. The molecular weight excluding hydrogens is 492 g/mol. The lowest BCUT2D eigenvalue weighted by atomic mass is 9.85. The number of benzene rings is 2. The zero-order valence-corrected chi connectivity index (χ0v) is 21.4. The molecule has 1 atom stereocenters. The molecule has 1 N–H and O–H groups in total. The first-order valence-corrected chi connectivity index (χ1v) is 13.4. The minimum atomic E-state index is -3.38. The second-order valence-electron chi connectivity index (χ2n) is 10.1. The van der Waals surface area contributed by atoms with Gasteiger partial charge >= 0.3 is 6.61 Å². The van der Waals surface area contributed by atoms with Gasteiger partial charge in [-0.15, -0.1) is 0 Å². The molecule has 36 heavy (non-hydrogen) atoms. The number of nitrogens with one attached hydrogen (secondary N) is 1. The molecule has 2 aromatic carbocycles. The highest BCUT2D eigenvalue weighted by Crippen LogP contribution is 2.46. The van der Waals surface area contributed by atoms with Crippen molar-refractivity contribution >= 4 is 33.2 Å². The standard InChI is InChI=1S/C25H29F2N3O5S/c1-24(2)19-13-16(21(31)28-25(3)11-6-12-29(15-25)36(4,33)34)9-10-20(19)30(22(24)32)17-7-5-8-18(14-17)35-23(26)27/h5,7-10,13-14,23H,6,11-12,15H2,1-4H3,(H,28,31). The van der Waals surface area contributed by atoms with Crippen LogP contribution in [-0.2, 0) is 20.2 Å². The number of fused-ring (bicyclic) bond motifs is 1. The van der Waals surface area contributed by atoms with Crippen LogP contribution >= 0.6 is 0 Å². The third-order valence-electron chi connectivity index (χ3n) is 6.76. The highest BCUT2D eigenvalue weighted by Gasteiger charge is 2.45. The summed E-state index contributed by atoms with van der Waals surface area (Å²) in [6.07, 6.45) is 2.41. The number of amides is 2. The van der Waals surface area contributed by atoms with Gasteiger partial charge in [-0.25, -0.2) is 8.42 Å². The van der Waals surface area contributed by atoms with E-state index in [1.807, 2.05) is 6.92 Å². The molecule has 2 aromatic rings. The zero-order valence-electron chi connectivity index (χ0n) is 20.5. The van der Waals surface area contributed by atoms with E-state index in [-0.39, 0.29) is 24.1 Å². The zero-order chi connectivity index (χ0) is 26.5. The first-order chi connectivity index (χ1) is 16.7. The molecule has 0 saturated carbocycles. The maximum absolute atomic E-state index is 13.4. The Morgan fingerprint density at radius 1 is 1.14 bits per heavy atom. The average molecular weight is 522 g/mol. The monoisotopic (exact) mass is 521 g/mol. The molecule has 2 aliphatic rings. The third kappa shape index (κ3) is 4.94. The highest BCUT2D eigenvalue weighted by molar-refractivity contribution is 7.88. The number of carbonyl (C=O) groups excluding carboxylic acids is 2. The maximum atomic E-state index is 13.4. The number of ether oxygens (including phenoxy) is 1. The van der Waals surface area contributed by atoms with Crippen molar-refractivity contribution in [1.29, 1.82) is 0 Å². The van der Waals surface area contributed by atoms with Crippen LogP contribution in [-0.4, -0.2) is 56.0 Å². The molecule has 0 aliphatic carbocycles. The SMILES string of the molecule is CC1(NC(=O)c2ccc3c(c2)C(C)(C)C(=O)N3c2cccc(OC(F)F)c2)CCCN(S(C)(=O)=O)C1. The van der Waals surface area contributed by atoms with Gasteiger partial charge in [-0.3, -0.25) is 14.5 Å². The van der Waals surface area contributed by atoms with Crippen molar-refractivity contribution in [2.75, 3.05) is 24.2 Å². The highest BCUT2D eigenvalue weighted by atomic mass is 32.2. The van der Waals surface area contributed by atoms with Gasteiger partial charge in [0.25, 0.3) is 5.91 Å². The number of hydrogen-bond donors (Lipinski definition) is 1. The van der Waals surface area contributed by atoms with Crippen molar-refractivity contribution in [1.82, 2.24) is 9.62 Å². The topological polar surface area (TPSA) is 96.0 Å². The van der Waals surface area contributed by atoms with Crippen molar-refractivity contribution in [2.24, 2.45) is 0 Å². The molecule has 0 radical (unpaired) electrons. The van der Waals surface area contributed by atoms with Crippen molar-refractivity contribution in [3.05, 3.63) is 53.6 Å². The number of nitrogens with zero attached hydrogens (tertiary/aromatic N) is 2. The molecule has 11 heteroatoms. The van der Waals surface area contributed by atoms with E-state index in [0.717, 1.165) is 6.26 Å². The van der Waals surface area contributed by atoms with E-state index in [4.69, 9.17) is 0 Å². The summed E-state index contributed by atoms with van der Waals surface area (Å²) in [6.45, 7) is 2.90. The minimum Gasteiger partial charge on any atom is -0.435 e. The molecule has 8 nitrogen and oxygen atoms in total. The third-order valence-corrected chi connectivity index (χ3v) is 8.01. The van der Waals surface area contributed by atoms with Crippen LogP contribution < -0.4 is 15.0 Å². The summed E-state index contributed by atoms with van der Waals surface area (Å²) in [6, 6.07) is 10.8. The van der Waals surface area contributed by atoms with E-state index >= 15 is 0 Å². The van der Waals surface area contributed by atoms with Gasteiger partial charge in [0.1, 0.15) is 5.75 Å². The van der Waals surface area contributed by atoms with Crippen LogP contribution in [0.3, 0.4) is 0 Å². The molecule has 4 rings (SSSR count). The number of hydrogen-bond acceptors (Lipinski definition) is 5. The van der Waals surface area contributed by atoms with Crippen LogP contribution in [0.5, 0.6) is 5.75 Å². The van der Waals surface area contributed by atoms with Crippen LogP contribution in [0.15, 0.2) is 42.5 Å². The van der Waals surface area contributed by atoms with Gasteiger partial charge in [-0.1, -0.05) is 6.07 Å². The fraction of sp³-hybridized carbons (Fsp3) is 0.440. The van der Waals surface area contributed by atoms with Crippen LogP contribution in [0.1, 0.15) is 49.5 Å². The van der Waals surface area contributed by atoms with Gasteiger partial charge in [0.2, 0.25) is 15.9 Å². The molecule has 194 valence electrons. The first kappa shape index (κ1) is 26.0. The van der Waals surface area contributed by atoms with Gasteiger partial charge in [-0.05, 0) is 69.5 Å². The molecule has 0 spiro atoms. The van der Waals surface area contributed by atoms with Gasteiger partial charge in [0.05, 0.1) is 28.6 Å². The molecular formula is C25H29F2N3O5S. The Hall–Kier alpha value is -3.05. The fourth-order valence-electron chi connectivity index (χ4n) is 4.86. The van der Waals surface area contributed by atoms with Gasteiger partial charge in [0.15, 0.2) is 0 Å². The molecule has 2 aliphatic heterocycles. The number of rotatable bonds is 6. The van der Waals surface area contributed by atoms with Crippen molar-refractivity contribution in [2.45, 2.75) is 51.2 Å². The summed E-state index contributed by atoms with van der Waals surface area (Å²) in [5.41, 5.74) is 0.156. The number of carbonyl (C=O) groups is 2. The summed E-state index contributed by atoms with van der Waals surface area (Å²) in [5.74, 6) is -0.710. The second-order valence-corrected chi connectivity index (χ2v) is 12.1. The quantitative estimate of drug-likeness (QED) is 0.624. The predicted octanol–water partition coefficient (Wildman–Crippen LogP) is 3.79. The molecule has 0 bridgehead atoms. The number of alkyl halides is 2. The van der Waals surface area contributed by atoms with Gasteiger partial charge in [-0.2, -0.15) is 13.1 Å². The number of sulfonamides is 1.